The van der Waals surface area contributed by atoms with Gasteiger partial charge in [0.1, 0.15) is 0 Å². The molecule has 1 aliphatic rings. The zero-order valence-corrected chi connectivity index (χ0v) is 9.74. The summed E-state index contributed by atoms with van der Waals surface area (Å²) in [5.74, 6) is 0.350. The molecular formula is C10H17N3OS. The predicted octanol–water partition coefficient (Wildman–Crippen LogP) is 0.516. The second-order valence-electron chi connectivity index (χ2n) is 3.87. The molecule has 0 saturated carbocycles. The fourth-order valence-electron chi connectivity index (χ4n) is 2.00. The molecule has 1 fully saturated rings. The van der Waals surface area contributed by atoms with E-state index >= 15 is 0 Å². The van der Waals surface area contributed by atoms with Crippen LogP contribution in [0.5, 0.6) is 0 Å². The fourth-order valence-corrected chi connectivity index (χ4v) is 2.79. The highest BCUT2D eigenvalue weighted by molar-refractivity contribution is 7.09. The molecule has 1 saturated heterocycles. The number of hydrogen-bond donors (Lipinski definition) is 1. The maximum Gasteiger partial charge on any atom is 0.0794 e. The molecule has 2 N–H and O–H groups in total. The summed E-state index contributed by atoms with van der Waals surface area (Å²) in [6.07, 6.45) is 1.92. The van der Waals surface area contributed by atoms with Crippen molar-refractivity contribution in [3.63, 3.8) is 0 Å². The van der Waals surface area contributed by atoms with Crippen LogP contribution in [0.2, 0.25) is 0 Å². The molecule has 2 rings (SSSR count). The van der Waals surface area contributed by atoms with Gasteiger partial charge in [-0.25, -0.2) is 0 Å². The Hall–Kier alpha value is -0.490. The second-order valence-corrected chi connectivity index (χ2v) is 4.79. The number of nitrogens with two attached hydrogens (primary N) is 1. The lowest BCUT2D eigenvalue weighted by Crippen LogP contribution is -2.47. The van der Waals surface area contributed by atoms with Gasteiger partial charge in [0.15, 0.2) is 0 Å². The Bertz CT molecular complexity index is 291. The molecule has 4 nitrogen and oxygen atoms in total. The lowest BCUT2D eigenvalue weighted by atomic mass is 9.97. The molecule has 2 unspecified atom stereocenters. The van der Waals surface area contributed by atoms with Crippen LogP contribution in [-0.4, -0.2) is 49.3 Å². The van der Waals surface area contributed by atoms with Crippen molar-refractivity contribution in [2.45, 2.75) is 12.0 Å². The first-order chi connectivity index (χ1) is 7.33. The number of hydrogen-bond acceptors (Lipinski definition) is 5. The summed E-state index contributed by atoms with van der Waals surface area (Å²) in [6, 6.07) is 0.393. The average molecular weight is 227 g/mol. The highest BCUT2D eigenvalue weighted by atomic mass is 32.1. The largest absolute Gasteiger partial charge is 0.378 e. The molecule has 0 amide bonds. The van der Waals surface area contributed by atoms with Gasteiger partial charge < -0.3 is 10.5 Å². The van der Waals surface area contributed by atoms with Crippen molar-refractivity contribution in [2.24, 2.45) is 5.73 Å². The third-order valence-electron chi connectivity index (χ3n) is 2.98. The Balaban J connectivity index is 2.11. The van der Waals surface area contributed by atoms with Crippen LogP contribution < -0.4 is 5.73 Å². The van der Waals surface area contributed by atoms with E-state index < -0.39 is 0 Å². The van der Waals surface area contributed by atoms with Crippen LogP contribution in [0.4, 0.5) is 0 Å². The zero-order valence-electron chi connectivity index (χ0n) is 8.93. The Morgan fingerprint density at radius 3 is 3.27 bits per heavy atom. The Morgan fingerprint density at radius 1 is 1.80 bits per heavy atom. The standard InChI is InChI=1S/C10H17N3OS/c1-13-2-3-14-6-9(13)8(4-11)10-5-12-7-15-10/h5,7-9H,2-4,6,11H2,1H3. The third-order valence-corrected chi connectivity index (χ3v) is 3.89. The van der Waals surface area contributed by atoms with Crippen LogP contribution in [0, 0.1) is 0 Å². The molecule has 84 valence electrons. The predicted molar refractivity (Wildman–Crippen MR) is 61.1 cm³/mol. The summed E-state index contributed by atoms with van der Waals surface area (Å²) in [5, 5.41) is 0. The van der Waals surface area contributed by atoms with E-state index in [4.69, 9.17) is 10.5 Å². The number of aromatic nitrogens is 1. The van der Waals surface area contributed by atoms with Crippen LogP contribution in [0.3, 0.4) is 0 Å². The lowest BCUT2D eigenvalue weighted by Gasteiger charge is -2.36. The van der Waals surface area contributed by atoms with Gasteiger partial charge in [-0.1, -0.05) is 0 Å². The summed E-state index contributed by atoms with van der Waals surface area (Å²) >= 11 is 1.68. The summed E-state index contributed by atoms with van der Waals surface area (Å²) < 4.78 is 5.52. The molecule has 0 aromatic carbocycles. The van der Waals surface area contributed by atoms with Crippen molar-refractivity contribution in [3.8, 4) is 0 Å². The van der Waals surface area contributed by atoms with Gasteiger partial charge in [0, 0.05) is 36.1 Å². The Labute approximate surface area is 94.1 Å². The normalized spacial score (nSPS) is 25.3. The van der Waals surface area contributed by atoms with E-state index in [0.29, 0.717) is 18.5 Å². The number of ether oxygens (including phenoxy) is 1. The summed E-state index contributed by atoms with van der Waals surface area (Å²) in [5.41, 5.74) is 7.72. The van der Waals surface area contributed by atoms with Crippen molar-refractivity contribution in [2.75, 3.05) is 33.4 Å². The van der Waals surface area contributed by atoms with E-state index in [1.807, 2.05) is 11.7 Å². The van der Waals surface area contributed by atoms with Gasteiger partial charge in [0.2, 0.25) is 0 Å². The number of likely N-dealkylation sites (N-methyl/N-ethyl adjacent to an activating group) is 1. The van der Waals surface area contributed by atoms with Crippen LogP contribution in [0.1, 0.15) is 10.8 Å². The van der Waals surface area contributed by atoms with Crippen molar-refractivity contribution >= 4 is 11.3 Å². The van der Waals surface area contributed by atoms with Crippen LogP contribution in [0.25, 0.3) is 0 Å². The lowest BCUT2D eigenvalue weighted by molar-refractivity contribution is -0.00313. The quantitative estimate of drug-likeness (QED) is 0.818. The Kier molecular flexibility index (Phi) is 3.69. The van der Waals surface area contributed by atoms with E-state index in [2.05, 4.69) is 16.9 Å². The second kappa shape index (κ2) is 5.03. The molecule has 15 heavy (non-hydrogen) atoms. The smallest absolute Gasteiger partial charge is 0.0794 e. The molecule has 2 heterocycles. The summed E-state index contributed by atoms with van der Waals surface area (Å²) in [4.78, 5) is 7.71. The third kappa shape index (κ3) is 2.36. The van der Waals surface area contributed by atoms with Crippen LogP contribution in [-0.2, 0) is 4.74 Å². The maximum atomic E-state index is 5.85. The highest BCUT2D eigenvalue weighted by Crippen LogP contribution is 2.26. The SMILES string of the molecule is CN1CCOCC1C(CN)c1cncs1. The first-order valence-corrected chi connectivity index (χ1v) is 6.07. The number of rotatable bonds is 3. The van der Waals surface area contributed by atoms with E-state index in [0.717, 1.165) is 19.8 Å². The maximum absolute atomic E-state index is 5.85. The molecule has 1 aromatic heterocycles. The molecule has 0 aliphatic carbocycles. The zero-order chi connectivity index (χ0) is 10.7. The summed E-state index contributed by atoms with van der Waals surface area (Å²) in [6.45, 7) is 3.24. The monoisotopic (exact) mass is 227 g/mol. The number of thiazole rings is 1. The van der Waals surface area contributed by atoms with Crippen molar-refractivity contribution in [1.29, 1.82) is 0 Å². The van der Waals surface area contributed by atoms with Crippen molar-refractivity contribution in [1.82, 2.24) is 9.88 Å². The molecule has 0 spiro atoms. The molecular weight excluding hydrogens is 210 g/mol. The van der Waals surface area contributed by atoms with Gasteiger partial charge in [-0.3, -0.25) is 9.88 Å². The molecule has 0 radical (unpaired) electrons. The van der Waals surface area contributed by atoms with Gasteiger partial charge >= 0.3 is 0 Å². The molecule has 1 aromatic rings. The number of nitrogens with zero attached hydrogens (tertiary/aromatic N) is 2. The van der Waals surface area contributed by atoms with E-state index in [1.165, 1.54) is 4.88 Å². The van der Waals surface area contributed by atoms with Gasteiger partial charge in [-0.15, -0.1) is 11.3 Å². The van der Waals surface area contributed by atoms with E-state index in [1.54, 1.807) is 11.3 Å². The average Bonchev–Trinajstić information content (AvgIpc) is 2.75. The van der Waals surface area contributed by atoms with Gasteiger partial charge in [0.05, 0.1) is 18.7 Å². The molecule has 2 atom stereocenters. The van der Waals surface area contributed by atoms with Gasteiger partial charge in [-0.05, 0) is 7.05 Å². The first-order valence-electron chi connectivity index (χ1n) is 5.19. The van der Waals surface area contributed by atoms with Crippen LogP contribution >= 0.6 is 11.3 Å². The van der Waals surface area contributed by atoms with Gasteiger partial charge in [0.25, 0.3) is 0 Å². The minimum absolute atomic E-state index is 0.350. The molecule has 1 aliphatic heterocycles. The summed E-state index contributed by atoms with van der Waals surface area (Å²) in [7, 11) is 2.14. The van der Waals surface area contributed by atoms with Crippen LogP contribution in [0.15, 0.2) is 11.7 Å². The minimum Gasteiger partial charge on any atom is -0.378 e. The van der Waals surface area contributed by atoms with Crippen molar-refractivity contribution in [3.05, 3.63) is 16.6 Å². The van der Waals surface area contributed by atoms with E-state index in [-0.39, 0.29) is 0 Å². The minimum atomic E-state index is 0.350. The topological polar surface area (TPSA) is 51.4 Å². The molecule has 0 bridgehead atoms. The first kappa shape index (κ1) is 11.0. The van der Waals surface area contributed by atoms with Gasteiger partial charge in [-0.2, -0.15) is 0 Å². The number of morpholine rings is 1. The van der Waals surface area contributed by atoms with E-state index in [9.17, 15) is 0 Å². The Morgan fingerprint density at radius 2 is 2.67 bits per heavy atom. The molecule has 5 heteroatoms. The highest BCUT2D eigenvalue weighted by Gasteiger charge is 2.29. The van der Waals surface area contributed by atoms with Crippen molar-refractivity contribution < 1.29 is 4.74 Å². The fraction of sp³-hybridized carbons (Fsp3) is 0.700.